The summed E-state index contributed by atoms with van der Waals surface area (Å²) >= 11 is 2.02. The fourth-order valence-corrected chi connectivity index (χ4v) is 3.83. The van der Waals surface area contributed by atoms with Gasteiger partial charge in [0, 0.05) is 18.2 Å². The van der Waals surface area contributed by atoms with Gasteiger partial charge < -0.3 is 5.32 Å². The van der Waals surface area contributed by atoms with E-state index in [9.17, 15) is 4.79 Å². The molecule has 1 aliphatic rings. The highest BCUT2D eigenvalue weighted by Crippen LogP contribution is 2.15. The summed E-state index contributed by atoms with van der Waals surface area (Å²) in [6.45, 7) is 2.28. The largest absolute Gasteiger partial charge is 0.353 e. The van der Waals surface area contributed by atoms with Crippen LogP contribution in [0.25, 0.3) is 0 Å². The standard InChI is InChI=1S/C17H33NOS/c1-2-3-4-5-6-7-8-9-10-11-14-20-15-16-12-13-17(19)18-16/h16H,2-15H2,1H3,(H,18,19)/t16-/m0/s1. The monoisotopic (exact) mass is 299 g/mol. The Bertz CT molecular complexity index is 245. The lowest BCUT2D eigenvalue weighted by molar-refractivity contribution is -0.119. The number of unbranched alkanes of at least 4 members (excludes halogenated alkanes) is 9. The minimum atomic E-state index is 0.245. The van der Waals surface area contributed by atoms with Gasteiger partial charge in [-0.25, -0.2) is 0 Å². The Balaban J connectivity index is 1.71. The van der Waals surface area contributed by atoms with E-state index in [0.29, 0.717) is 6.04 Å². The first-order chi connectivity index (χ1) is 9.83. The molecule has 0 radical (unpaired) electrons. The second-order valence-electron chi connectivity index (χ2n) is 6.06. The van der Waals surface area contributed by atoms with Crippen LogP contribution < -0.4 is 5.32 Å². The van der Waals surface area contributed by atoms with Crippen LogP contribution >= 0.6 is 11.8 Å². The fourth-order valence-electron chi connectivity index (χ4n) is 2.72. The first-order valence-corrected chi connectivity index (χ1v) is 9.85. The molecule has 118 valence electrons. The molecule has 0 unspecified atom stereocenters. The van der Waals surface area contributed by atoms with Gasteiger partial charge >= 0.3 is 0 Å². The van der Waals surface area contributed by atoms with Crippen LogP contribution in [0.4, 0.5) is 0 Å². The van der Waals surface area contributed by atoms with E-state index < -0.39 is 0 Å². The van der Waals surface area contributed by atoms with Gasteiger partial charge in [0.25, 0.3) is 0 Å². The van der Waals surface area contributed by atoms with Crippen LogP contribution in [0.2, 0.25) is 0 Å². The van der Waals surface area contributed by atoms with Crippen LogP contribution in [-0.2, 0) is 4.79 Å². The number of carbonyl (C=O) groups is 1. The molecular weight excluding hydrogens is 266 g/mol. The zero-order chi connectivity index (χ0) is 14.5. The number of hydrogen-bond acceptors (Lipinski definition) is 2. The molecule has 0 bridgehead atoms. The molecule has 0 saturated carbocycles. The predicted octanol–water partition coefficient (Wildman–Crippen LogP) is 4.92. The number of nitrogens with one attached hydrogen (secondary N) is 1. The summed E-state index contributed by atoms with van der Waals surface area (Å²) in [7, 11) is 0. The molecule has 2 nitrogen and oxygen atoms in total. The molecule has 1 heterocycles. The van der Waals surface area contributed by atoms with Crippen molar-refractivity contribution in [2.75, 3.05) is 11.5 Å². The van der Waals surface area contributed by atoms with E-state index in [0.717, 1.165) is 18.6 Å². The topological polar surface area (TPSA) is 29.1 Å². The Morgan fingerprint density at radius 2 is 1.60 bits per heavy atom. The molecule has 1 rings (SSSR count). The highest BCUT2D eigenvalue weighted by molar-refractivity contribution is 7.99. The van der Waals surface area contributed by atoms with Crippen molar-refractivity contribution in [2.45, 2.75) is 90.0 Å². The van der Waals surface area contributed by atoms with Gasteiger partial charge in [-0.2, -0.15) is 11.8 Å². The highest BCUT2D eigenvalue weighted by Gasteiger charge is 2.19. The first-order valence-electron chi connectivity index (χ1n) is 8.70. The molecule has 1 amide bonds. The zero-order valence-corrected chi connectivity index (χ0v) is 14.1. The Morgan fingerprint density at radius 3 is 2.15 bits per heavy atom. The van der Waals surface area contributed by atoms with Crippen molar-refractivity contribution in [1.29, 1.82) is 0 Å². The predicted molar refractivity (Wildman–Crippen MR) is 90.3 cm³/mol. The third kappa shape index (κ3) is 9.68. The summed E-state index contributed by atoms with van der Waals surface area (Å²) in [4.78, 5) is 11.1. The van der Waals surface area contributed by atoms with Gasteiger partial charge in [-0.1, -0.05) is 64.7 Å². The smallest absolute Gasteiger partial charge is 0.220 e. The van der Waals surface area contributed by atoms with Gasteiger partial charge in [-0.15, -0.1) is 0 Å². The van der Waals surface area contributed by atoms with Crippen LogP contribution in [0, 0.1) is 0 Å². The molecular formula is C17H33NOS. The van der Waals surface area contributed by atoms with Crippen molar-refractivity contribution in [2.24, 2.45) is 0 Å². The summed E-state index contributed by atoms with van der Waals surface area (Å²) in [5.41, 5.74) is 0. The fraction of sp³-hybridized carbons (Fsp3) is 0.941. The molecule has 20 heavy (non-hydrogen) atoms. The lowest BCUT2D eigenvalue weighted by Gasteiger charge is -2.08. The van der Waals surface area contributed by atoms with Gasteiger partial charge in [0.2, 0.25) is 5.91 Å². The van der Waals surface area contributed by atoms with E-state index in [-0.39, 0.29) is 5.91 Å². The summed E-state index contributed by atoms with van der Waals surface area (Å²) < 4.78 is 0. The lowest BCUT2D eigenvalue weighted by atomic mass is 10.1. The maximum atomic E-state index is 11.1. The number of amides is 1. The summed E-state index contributed by atoms with van der Waals surface area (Å²) in [6.07, 6.45) is 15.9. The molecule has 0 aromatic rings. The van der Waals surface area contributed by atoms with E-state index in [1.165, 1.54) is 70.0 Å². The molecule has 1 fully saturated rings. The van der Waals surface area contributed by atoms with Crippen molar-refractivity contribution in [3.05, 3.63) is 0 Å². The number of rotatable bonds is 13. The van der Waals surface area contributed by atoms with E-state index in [1.807, 2.05) is 11.8 Å². The van der Waals surface area contributed by atoms with Crippen LogP contribution in [0.1, 0.15) is 84.0 Å². The SMILES string of the molecule is CCCCCCCCCCCCSC[C@@H]1CCC(=O)N1. The first kappa shape index (κ1) is 17.9. The summed E-state index contributed by atoms with van der Waals surface area (Å²) in [5.74, 6) is 2.63. The van der Waals surface area contributed by atoms with Gasteiger partial charge in [-0.05, 0) is 18.6 Å². The maximum absolute atomic E-state index is 11.1. The van der Waals surface area contributed by atoms with E-state index in [4.69, 9.17) is 0 Å². The van der Waals surface area contributed by atoms with Crippen molar-refractivity contribution in [3.8, 4) is 0 Å². The molecule has 0 aromatic carbocycles. The second kappa shape index (κ2) is 12.6. The molecule has 1 saturated heterocycles. The number of carbonyl (C=O) groups excluding carboxylic acids is 1. The Morgan fingerprint density at radius 1 is 1.00 bits per heavy atom. The molecule has 1 aliphatic heterocycles. The maximum Gasteiger partial charge on any atom is 0.220 e. The third-order valence-electron chi connectivity index (χ3n) is 4.05. The van der Waals surface area contributed by atoms with Gasteiger partial charge in [-0.3, -0.25) is 4.79 Å². The Labute approximate surface area is 129 Å². The lowest BCUT2D eigenvalue weighted by Crippen LogP contribution is -2.27. The number of hydrogen-bond donors (Lipinski definition) is 1. The third-order valence-corrected chi connectivity index (χ3v) is 5.26. The molecule has 1 N–H and O–H groups in total. The minimum Gasteiger partial charge on any atom is -0.353 e. The average molecular weight is 300 g/mol. The number of thioether (sulfide) groups is 1. The van der Waals surface area contributed by atoms with Crippen molar-refractivity contribution in [1.82, 2.24) is 5.32 Å². The van der Waals surface area contributed by atoms with Crippen LogP contribution in [-0.4, -0.2) is 23.5 Å². The Hall–Kier alpha value is -0.180. The van der Waals surface area contributed by atoms with Crippen LogP contribution in [0.3, 0.4) is 0 Å². The Kier molecular flexibility index (Phi) is 11.2. The van der Waals surface area contributed by atoms with Crippen LogP contribution in [0.5, 0.6) is 0 Å². The summed E-state index contributed by atoms with van der Waals surface area (Å²) in [6, 6.07) is 0.454. The quantitative estimate of drug-likeness (QED) is 0.489. The molecule has 3 heteroatoms. The second-order valence-corrected chi connectivity index (χ2v) is 7.21. The van der Waals surface area contributed by atoms with Crippen molar-refractivity contribution < 1.29 is 4.79 Å². The van der Waals surface area contributed by atoms with E-state index in [2.05, 4.69) is 12.2 Å². The van der Waals surface area contributed by atoms with E-state index >= 15 is 0 Å². The summed E-state index contributed by atoms with van der Waals surface area (Å²) in [5, 5.41) is 3.03. The zero-order valence-electron chi connectivity index (χ0n) is 13.3. The molecule has 0 aliphatic carbocycles. The van der Waals surface area contributed by atoms with Crippen molar-refractivity contribution >= 4 is 17.7 Å². The van der Waals surface area contributed by atoms with Crippen LogP contribution in [0.15, 0.2) is 0 Å². The highest BCUT2D eigenvalue weighted by atomic mass is 32.2. The molecule has 0 spiro atoms. The van der Waals surface area contributed by atoms with Gasteiger partial charge in [0.05, 0.1) is 0 Å². The molecule has 1 atom stereocenters. The van der Waals surface area contributed by atoms with Crippen molar-refractivity contribution in [3.63, 3.8) is 0 Å². The van der Waals surface area contributed by atoms with Gasteiger partial charge in [0.15, 0.2) is 0 Å². The average Bonchev–Trinajstić information content (AvgIpc) is 2.86. The minimum absolute atomic E-state index is 0.245. The molecule has 0 aromatic heterocycles. The van der Waals surface area contributed by atoms with Gasteiger partial charge in [0.1, 0.15) is 0 Å². The normalized spacial score (nSPS) is 18.4. The van der Waals surface area contributed by atoms with E-state index in [1.54, 1.807) is 0 Å².